The van der Waals surface area contributed by atoms with E-state index in [2.05, 4.69) is 9.97 Å². The Bertz CT molecular complexity index is 496. The third-order valence-electron chi connectivity index (χ3n) is 2.16. The molecule has 0 bridgehead atoms. The summed E-state index contributed by atoms with van der Waals surface area (Å²) < 4.78 is 1.95. The number of nitrogens with two attached hydrogens (primary N) is 1. The van der Waals surface area contributed by atoms with Crippen molar-refractivity contribution in [2.75, 3.05) is 5.73 Å². The van der Waals surface area contributed by atoms with Crippen molar-refractivity contribution < 1.29 is 0 Å². The number of hydrogen-bond acceptors (Lipinski definition) is 3. The Labute approximate surface area is 82.1 Å². The Kier molecular flexibility index (Phi) is 1.96. The smallest absolute Gasteiger partial charge is 0.145 e. The van der Waals surface area contributed by atoms with E-state index in [0.717, 1.165) is 16.6 Å². The molecule has 0 aliphatic heterocycles. The second kappa shape index (κ2) is 3.14. The van der Waals surface area contributed by atoms with E-state index in [9.17, 15) is 0 Å². The van der Waals surface area contributed by atoms with Crippen molar-refractivity contribution >= 4 is 22.9 Å². The maximum Gasteiger partial charge on any atom is 0.145 e. The SMILES string of the molecule is C/C=C/c1cn(C)c2ncnc(N)c12. The van der Waals surface area contributed by atoms with Gasteiger partial charge in [-0.1, -0.05) is 12.2 Å². The van der Waals surface area contributed by atoms with Crippen LogP contribution in [0.2, 0.25) is 0 Å². The average Bonchev–Trinajstić information content (AvgIpc) is 2.46. The molecular weight excluding hydrogens is 176 g/mol. The van der Waals surface area contributed by atoms with Gasteiger partial charge < -0.3 is 10.3 Å². The van der Waals surface area contributed by atoms with Crippen LogP contribution in [0.5, 0.6) is 0 Å². The zero-order valence-electron chi connectivity index (χ0n) is 8.23. The van der Waals surface area contributed by atoms with Crippen molar-refractivity contribution in [3.63, 3.8) is 0 Å². The molecule has 0 atom stereocenters. The molecule has 0 radical (unpaired) electrons. The first-order valence-electron chi connectivity index (χ1n) is 4.42. The highest BCUT2D eigenvalue weighted by molar-refractivity contribution is 5.94. The van der Waals surface area contributed by atoms with Crippen LogP contribution >= 0.6 is 0 Å². The van der Waals surface area contributed by atoms with Crippen molar-refractivity contribution in [1.29, 1.82) is 0 Å². The van der Waals surface area contributed by atoms with Crippen LogP contribution in [0, 0.1) is 0 Å². The van der Waals surface area contributed by atoms with Crippen molar-refractivity contribution in [1.82, 2.24) is 14.5 Å². The minimum Gasteiger partial charge on any atom is -0.383 e. The number of allylic oxidation sites excluding steroid dienone is 1. The van der Waals surface area contributed by atoms with Gasteiger partial charge in [0.2, 0.25) is 0 Å². The molecular formula is C10H12N4. The summed E-state index contributed by atoms with van der Waals surface area (Å²) in [5.41, 5.74) is 7.73. The Hall–Kier alpha value is -1.84. The molecule has 0 aromatic carbocycles. The van der Waals surface area contributed by atoms with Crippen molar-refractivity contribution in [3.05, 3.63) is 24.2 Å². The Balaban J connectivity index is 2.85. The highest BCUT2D eigenvalue weighted by atomic mass is 15.0. The average molecular weight is 188 g/mol. The molecule has 0 fully saturated rings. The highest BCUT2D eigenvalue weighted by Gasteiger charge is 2.08. The number of hydrogen-bond donors (Lipinski definition) is 1. The monoisotopic (exact) mass is 188 g/mol. The molecule has 72 valence electrons. The Morgan fingerprint density at radius 2 is 2.21 bits per heavy atom. The van der Waals surface area contributed by atoms with Crippen molar-refractivity contribution in [3.8, 4) is 0 Å². The normalized spacial score (nSPS) is 11.6. The number of rotatable bonds is 1. The van der Waals surface area contributed by atoms with Crippen molar-refractivity contribution in [2.24, 2.45) is 7.05 Å². The van der Waals surface area contributed by atoms with Gasteiger partial charge in [-0.15, -0.1) is 0 Å². The summed E-state index contributed by atoms with van der Waals surface area (Å²) in [6.07, 6.45) is 7.45. The fourth-order valence-electron chi connectivity index (χ4n) is 1.57. The molecule has 2 aromatic heterocycles. The molecule has 0 aliphatic carbocycles. The summed E-state index contributed by atoms with van der Waals surface area (Å²) >= 11 is 0. The molecule has 2 rings (SSSR count). The van der Waals surface area contributed by atoms with Crippen LogP contribution in [0.4, 0.5) is 5.82 Å². The fraction of sp³-hybridized carbons (Fsp3) is 0.200. The summed E-state index contributed by atoms with van der Waals surface area (Å²) in [7, 11) is 1.95. The number of anilines is 1. The Morgan fingerprint density at radius 1 is 1.43 bits per heavy atom. The Morgan fingerprint density at radius 3 is 2.93 bits per heavy atom. The lowest BCUT2D eigenvalue weighted by atomic mass is 10.2. The third-order valence-corrected chi connectivity index (χ3v) is 2.16. The van der Waals surface area contributed by atoms with E-state index in [4.69, 9.17) is 5.73 Å². The van der Waals surface area contributed by atoms with E-state index in [1.807, 2.05) is 36.9 Å². The van der Waals surface area contributed by atoms with Gasteiger partial charge in [-0.05, 0) is 6.92 Å². The summed E-state index contributed by atoms with van der Waals surface area (Å²) in [6.45, 7) is 1.97. The van der Waals surface area contributed by atoms with Crippen LogP contribution < -0.4 is 5.73 Å². The summed E-state index contributed by atoms with van der Waals surface area (Å²) in [5, 5.41) is 0.924. The zero-order chi connectivity index (χ0) is 10.1. The van der Waals surface area contributed by atoms with Gasteiger partial charge in [0.05, 0.1) is 5.39 Å². The van der Waals surface area contributed by atoms with Gasteiger partial charge in [0.1, 0.15) is 17.8 Å². The van der Waals surface area contributed by atoms with E-state index < -0.39 is 0 Å². The lowest BCUT2D eigenvalue weighted by molar-refractivity contribution is 0.943. The van der Waals surface area contributed by atoms with Gasteiger partial charge in [-0.3, -0.25) is 0 Å². The number of aryl methyl sites for hydroxylation is 1. The van der Waals surface area contributed by atoms with E-state index in [-0.39, 0.29) is 0 Å². The molecule has 14 heavy (non-hydrogen) atoms. The second-order valence-corrected chi connectivity index (χ2v) is 3.15. The van der Waals surface area contributed by atoms with Gasteiger partial charge in [0.15, 0.2) is 0 Å². The summed E-state index contributed by atoms with van der Waals surface area (Å²) in [4.78, 5) is 8.17. The molecule has 0 saturated carbocycles. The maximum atomic E-state index is 5.80. The first kappa shape index (κ1) is 8.74. The molecule has 4 heteroatoms. The molecule has 4 nitrogen and oxygen atoms in total. The summed E-state index contributed by atoms with van der Waals surface area (Å²) in [6, 6.07) is 0. The van der Waals surface area contributed by atoms with Gasteiger partial charge in [-0.2, -0.15) is 0 Å². The van der Waals surface area contributed by atoms with Crippen LogP contribution in [0.3, 0.4) is 0 Å². The zero-order valence-corrected chi connectivity index (χ0v) is 8.23. The van der Waals surface area contributed by atoms with E-state index in [1.165, 1.54) is 6.33 Å². The molecule has 0 saturated heterocycles. The first-order chi connectivity index (χ1) is 6.74. The van der Waals surface area contributed by atoms with E-state index in [1.54, 1.807) is 0 Å². The molecule has 0 spiro atoms. The van der Waals surface area contributed by atoms with Gasteiger partial charge in [0, 0.05) is 18.8 Å². The second-order valence-electron chi connectivity index (χ2n) is 3.15. The van der Waals surface area contributed by atoms with E-state index >= 15 is 0 Å². The number of nitrogen functional groups attached to an aromatic ring is 1. The van der Waals surface area contributed by atoms with Crippen LogP contribution in [0.25, 0.3) is 17.1 Å². The fourth-order valence-corrected chi connectivity index (χ4v) is 1.57. The molecule has 0 amide bonds. The van der Waals surface area contributed by atoms with Crippen LogP contribution in [-0.2, 0) is 7.05 Å². The minimum atomic E-state index is 0.531. The topological polar surface area (TPSA) is 56.7 Å². The van der Waals surface area contributed by atoms with Gasteiger partial charge in [-0.25, -0.2) is 9.97 Å². The minimum absolute atomic E-state index is 0.531. The quantitative estimate of drug-likeness (QED) is 0.739. The van der Waals surface area contributed by atoms with Gasteiger partial charge >= 0.3 is 0 Å². The number of aromatic nitrogens is 3. The lowest BCUT2D eigenvalue weighted by Crippen LogP contribution is -1.94. The lowest BCUT2D eigenvalue weighted by Gasteiger charge is -1.96. The first-order valence-corrected chi connectivity index (χ1v) is 4.42. The maximum absolute atomic E-state index is 5.80. The van der Waals surface area contributed by atoms with Gasteiger partial charge in [0.25, 0.3) is 0 Å². The number of nitrogens with zero attached hydrogens (tertiary/aromatic N) is 3. The molecule has 0 unspecified atom stereocenters. The molecule has 2 heterocycles. The predicted octanol–water partition coefficient (Wildman–Crippen LogP) is 1.58. The van der Waals surface area contributed by atoms with Crippen molar-refractivity contribution in [2.45, 2.75) is 6.92 Å². The standard InChI is InChI=1S/C10H12N4/c1-3-4-7-5-14(2)10-8(7)9(11)12-6-13-10/h3-6H,1-2H3,(H2,11,12,13)/b4-3+. The highest BCUT2D eigenvalue weighted by Crippen LogP contribution is 2.23. The predicted molar refractivity (Wildman–Crippen MR) is 57.6 cm³/mol. The molecule has 0 aliphatic rings. The molecule has 2 aromatic rings. The molecule has 2 N–H and O–H groups in total. The van der Waals surface area contributed by atoms with Crippen LogP contribution in [0.15, 0.2) is 18.6 Å². The van der Waals surface area contributed by atoms with E-state index in [0.29, 0.717) is 5.82 Å². The summed E-state index contributed by atoms with van der Waals surface area (Å²) in [5.74, 6) is 0.531. The number of fused-ring (bicyclic) bond motifs is 1. The van der Waals surface area contributed by atoms with Crippen LogP contribution in [0.1, 0.15) is 12.5 Å². The largest absolute Gasteiger partial charge is 0.383 e. The third kappa shape index (κ3) is 1.16. The van der Waals surface area contributed by atoms with Crippen LogP contribution in [-0.4, -0.2) is 14.5 Å².